The van der Waals surface area contributed by atoms with E-state index in [-0.39, 0.29) is 0 Å². The Morgan fingerprint density at radius 1 is 1.10 bits per heavy atom. The first kappa shape index (κ1) is 14.8. The van der Waals surface area contributed by atoms with Gasteiger partial charge in [-0.1, -0.05) is 13.8 Å². The third-order valence-corrected chi connectivity index (χ3v) is 5.92. The van der Waals surface area contributed by atoms with Crippen LogP contribution in [-0.4, -0.2) is 55.5 Å². The van der Waals surface area contributed by atoms with Gasteiger partial charge in [-0.15, -0.1) is 0 Å². The molecule has 20 heavy (non-hydrogen) atoms. The number of morpholine rings is 1. The molecule has 0 aromatic carbocycles. The molecule has 2 N–H and O–H groups in total. The number of hydrogen-bond acceptors (Lipinski definition) is 4. The molecular formula is C16H30N2O2. The molecule has 3 fully saturated rings. The molecule has 4 unspecified atom stereocenters. The van der Waals surface area contributed by atoms with E-state index in [0.717, 1.165) is 58.4 Å². The Balaban J connectivity index is 1.71. The lowest BCUT2D eigenvalue weighted by Crippen LogP contribution is -2.70. The summed E-state index contributed by atoms with van der Waals surface area (Å²) in [6.45, 7) is 8.43. The van der Waals surface area contributed by atoms with E-state index in [1.54, 1.807) is 0 Å². The van der Waals surface area contributed by atoms with Gasteiger partial charge in [0.15, 0.2) is 0 Å². The molecule has 2 aliphatic heterocycles. The molecule has 0 aromatic heterocycles. The van der Waals surface area contributed by atoms with Gasteiger partial charge in [0.1, 0.15) is 0 Å². The maximum absolute atomic E-state index is 6.41. The van der Waals surface area contributed by atoms with Crippen molar-refractivity contribution in [1.29, 1.82) is 0 Å². The molecule has 4 nitrogen and oxygen atoms in total. The van der Waals surface area contributed by atoms with Crippen molar-refractivity contribution in [2.45, 2.75) is 70.2 Å². The number of hydrogen-bond donors (Lipinski definition) is 1. The highest BCUT2D eigenvalue weighted by atomic mass is 16.5. The van der Waals surface area contributed by atoms with E-state index < -0.39 is 0 Å². The van der Waals surface area contributed by atoms with Crippen LogP contribution >= 0.6 is 0 Å². The molecule has 0 aromatic rings. The summed E-state index contributed by atoms with van der Waals surface area (Å²) in [6.07, 6.45) is 6.48. The Morgan fingerprint density at radius 2 is 1.70 bits per heavy atom. The molecule has 1 spiro atoms. The number of rotatable bonds is 3. The minimum atomic E-state index is 0.326. The van der Waals surface area contributed by atoms with Crippen LogP contribution in [0.2, 0.25) is 0 Å². The monoisotopic (exact) mass is 282 g/mol. The van der Waals surface area contributed by atoms with Crippen LogP contribution in [0.5, 0.6) is 0 Å². The van der Waals surface area contributed by atoms with Crippen molar-refractivity contribution in [3.8, 4) is 0 Å². The molecule has 2 heterocycles. The van der Waals surface area contributed by atoms with Crippen molar-refractivity contribution in [1.82, 2.24) is 4.90 Å². The molecule has 0 bridgehead atoms. The molecule has 3 rings (SSSR count). The Hall–Kier alpha value is -0.160. The van der Waals surface area contributed by atoms with Gasteiger partial charge in [-0.05, 0) is 32.1 Å². The van der Waals surface area contributed by atoms with Crippen molar-refractivity contribution in [3.05, 3.63) is 0 Å². The van der Waals surface area contributed by atoms with Crippen molar-refractivity contribution in [2.75, 3.05) is 26.3 Å². The summed E-state index contributed by atoms with van der Waals surface area (Å²) in [5.74, 6) is 0. The fourth-order valence-electron chi connectivity index (χ4n) is 4.43. The van der Waals surface area contributed by atoms with E-state index in [1.165, 1.54) is 0 Å². The SMILES string of the molecule is CCC1CN(C2CC(N)C23CCOCC3)CC(CC)O1. The van der Waals surface area contributed by atoms with Gasteiger partial charge in [-0.25, -0.2) is 0 Å². The van der Waals surface area contributed by atoms with Gasteiger partial charge in [0.2, 0.25) is 0 Å². The fourth-order valence-corrected chi connectivity index (χ4v) is 4.43. The summed E-state index contributed by atoms with van der Waals surface area (Å²) in [5.41, 5.74) is 6.73. The van der Waals surface area contributed by atoms with Gasteiger partial charge in [0, 0.05) is 43.8 Å². The van der Waals surface area contributed by atoms with Gasteiger partial charge in [0.05, 0.1) is 12.2 Å². The molecular weight excluding hydrogens is 252 g/mol. The Labute approximate surface area is 123 Å². The fraction of sp³-hybridized carbons (Fsp3) is 1.00. The third-order valence-electron chi connectivity index (χ3n) is 5.92. The zero-order valence-corrected chi connectivity index (χ0v) is 13.0. The standard InChI is InChI=1S/C16H30N2O2/c1-3-12-10-18(11-13(4-2)20-12)15-9-14(17)16(15)5-7-19-8-6-16/h12-15H,3-11,17H2,1-2H3. The van der Waals surface area contributed by atoms with Gasteiger partial charge >= 0.3 is 0 Å². The predicted octanol–water partition coefficient (Wildman–Crippen LogP) is 1.77. The highest BCUT2D eigenvalue weighted by Crippen LogP contribution is 2.50. The normalized spacial score (nSPS) is 41.5. The van der Waals surface area contributed by atoms with Crippen LogP contribution in [0.25, 0.3) is 0 Å². The summed E-state index contributed by atoms with van der Waals surface area (Å²) in [5, 5.41) is 0. The van der Waals surface area contributed by atoms with Crippen molar-refractivity contribution >= 4 is 0 Å². The molecule has 3 aliphatic rings. The molecule has 2 saturated heterocycles. The first-order valence-electron chi connectivity index (χ1n) is 8.42. The van der Waals surface area contributed by atoms with Gasteiger partial charge in [-0.2, -0.15) is 0 Å². The molecule has 116 valence electrons. The van der Waals surface area contributed by atoms with Crippen LogP contribution in [-0.2, 0) is 9.47 Å². The van der Waals surface area contributed by atoms with Crippen molar-refractivity contribution < 1.29 is 9.47 Å². The summed E-state index contributed by atoms with van der Waals surface area (Å²) in [4.78, 5) is 2.69. The highest BCUT2D eigenvalue weighted by molar-refractivity contribution is 5.11. The minimum absolute atomic E-state index is 0.326. The highest BCUT2D eigenvalue weighted by Gasteiger charge is 2.56. The van der Waals surface area contributed by atoms with E-state index >= 15 is 0 Å². The van der Waals surface area contributed by atoms with Gasteiger partial charge in [-0.3, -0.25) is 4.90 Å². The topological polar surface area (TPSA) is 47.7 Å². The van der Waals surface area contributed by atoms with E-state index in [9.17, 15) is 0 Å². The number of ether oxygens (including phenoxy) is 2. The van der Waals surface area contributed by atoms with Crippen LogP contribution in [0.15, 0.2) is 0 Å². The first-order valence-corrected chi connectivity index (χ1v) is 8.42. The number of nitrogens with zero attached hydrogens (tertiary/aromatic N) is 1. The van der Waals surface area contributed by atoms with Crippen molar-refractivity contribution in [2.24, 2.45) is 11.1 Å². The Bertz CT molecular complexity index is 318. The Morgan fingerprint density at radius 3 is 2.20 bits per heavy atom. The van der Waals surface area contributed by atoms with Crippen LogP contribution in [0.4, 0.5) is 0 Å². The van der Waals surface area contributed by atoms with Gasteiger partial charge < -0.3 is 15.2 Å². The lowest BCUT2D eigenvalue weighted by Gasteiger charge is -2.61. The Kier molecular flexibility index (Phi) is 4.37. The smallest absolute Gasteiger partial charge is 0.0703 e. The first-order chi connectivity index (χ1) is 9.69. The second kappa shape index (κ2) is 5.91. The molecule has 4 atom stereocenters. The average Bonchev–Trinajstić information content (AvgIpc) is 2.52. The second-order valence-electron chi connectivity index (χ2n) is 6.85. The molecule has 0 amide bonds. The van der Waals surface area contributed by atoms with Gasteiger partial charge in [0.25, 0.3) is 0 Å². The lowest BCUT2D eigenvalue weighted by atomic mass is 9.56. The van der Waals surface area contributed by atoms with Crippen LogP contribution in [0.3, 0.4) is 0 Å². The molecule has 0 radical (unpaired) electrons. The van der Waals surface area contributed by atoms with E-state index in [0.29, 0.717) is 29.7 Å². The zero-order chi connectivity index (χ0) is 14.2. The third kappa shape index (κ3) is 2.41. The summed E-state index contributed by atoms with van der Waals surface area (Å²) in [6, 6.07) is 1.03. The number of nitrogens with two attached hydrogens (primary N) is 1. The lowest BCUT2D eigenvalue weighted by molar-refractivity contribution is -0.163. The average molecular weight is 282 g/mol. The maximum atomic E-state index is 6.41. The van der Waals surface area contributed by atoms with Crippen LogP contribution in [0, 0.1) is 5.41 Å². The molecule has 4 heteroatoms. The zero-order valence-electron chi connectivity index (χ0n) is 13.0. The van der Waals surface area contributed by atoms with E-state index in [2.05, 4.69) is 18.7 Å². The molecule has 1 saturated carbocycles. The second-order valence-corrected chi connectivity index (χ2v) is 6.85. The largest absolute Gasteiger partial charge is 0.381 e. The van der Waals surface area contributed by atoms with Crippen LogP contribution < -0.4 is 5.73 Å². The maximum Gasteiger partial charge on any atom is 0.0703 e. The summed E-state index contributed by atoms with van der Waals surface area (Å²) in [7, 11) is 0. The van der Waals surface area contributed by atoms with E-state index in [4.69, 9.17) is 15.2 Å². The quantitative estimate of drug-likeness (QED) is 0.857. The van der Waals surface area contributed by atoms with E-state index in [1.807, 2.05) is 0 Å². The predicted molar refractivity (Wildman–Crippen MR) is 79.7 cm³/mol. The minimum Gasteiger partial charge on any atom is -0.381 e. The van der Waals surface area contributed by atoms with Crippen molar-refractivity contribution in [3.63, 3.8) is 0 Å². The summed E-state index contributed by atoms with van der Waals surface area (Å²) < 4.78 is 11.7. The molecule has 1 aliphatic carbocycles. The summed E-state index contributed by atoms with van der Waals surface area (Å²) >= 11 is 0. The van der Waals surface area contributed by atoms with Crippen LogP contribution in [0.1, 0.15) is 46.0 Å².